The first kappa shape index (κ1) is 16.7. The summed E-state index contributed by atoms with van der Waals surface area (Å²) < 4.78 is 0. The number of hydrogen-bond acceptors (Lipinski definition) is 4. The number of benzene rings is 2. The van der Waals surface area contributed by atoms with Gasteiger partial charge in [0.25, 0.3) is 5.69 Å². The van der Waals surface area contributed by atoms with E-state index < -0.39 is 4.92 Å². The minimum atomic E-state index is -0.423. The molecule has 126 valence electrons. The number of likely N-dealkylation sites (tertiary alicyclic amines) is 1. The molecule has 0 aromatic heterocycles. The molecule has 0 radical (unpaired) electrons. The largest absolute Gasteiger partial charge is 0.375 e. The van der Waals surface area contributed by atoms with Crippen LogP contribution >= 0.6 is 11.6 Å². The van der Waals surface area contributed by atoms with E-state index in [4.69, 9.17) is 11.6 Å². The quantitative estimate of drug-likeness (QED) is 0.620. The number of nitrogens with zero attached hydrogens (tertiary/aromatic N) is 2. The number of nitro benzene ring substituents is 1. The van der Waals surface area contributed by atoms with Crippen LogP contribution in [0.5, 0.6) is 0 Å². The van der Waals surface area contributed by atoms with E-state index in [0.717, 1.165) is 12.1 Å². The molecule has 1 heterocycles. The highest BCUT2D eigenvalue weighted by Gasteiger charge is 2.14. The van der Waals surface area contributed by atoms with Gasteiger partial charge in [-0.25, -0.2) is 0 Å². The Labute approximate surface area is 146 Å². The second-order valence-corrected chi connectivity index (χ2v) is 6.51. The second kappa shape index (κ2) is 7.64. The van der Waals surface area contributed by atoms with Gasteiger partial charge in [0.2, 0.25) is 0 Å². The molecule has 2 aromatic carbocycles. The lowest BCUT2D eigenvalue weighted by atomic mass is 10.1. The SMILES string of the molecule is O=[N+]([O-])c1cc(Cl)ccc1NCc1ccc(CN2CCCC2)cc1. The molecule has 1 aliphatic heterocycles. The van der Waals surface area contributed by atoms with E-state index in [2.05, 4.69) is 34.5 Å². The molecule has 0 atom stereocenters. The molecule has 0 amide bonds. The van der Waals surface area contributed by atoms with Crippen molar-refractivity contribution in [2.45, 2.75) is 25.9 Å². The molecule has 1 aliphatic rings. The lowest BCUT2D eigenvalue weighted by Crippen LogP contribution is -2.18. The molecular formula is C18H20ClN3O2. The molecule has 0 spiro atoms. The van der Waals surface area contributed by atoms with Gasteiger partial charge in [0.15, 0.2) is 0 Å². The molecule has 1 N–H and O–H groups in total. The first-order valence-electron chi connectivity index (χ1n) is 8.10. The van der Waals surface area contributed by atoms with Gasteiger partial charge in [-0.3, -0.25) is 15.0 Å². The summed E-state index contributed by atoms with van der Waals surface area (Å²) in [5, 5.41) is 14.6. The van der Waals surface area contributed by atoms with Crippen molar-refractivity contribution in [3.05, 3.63) is 68.7 Å². The summed E-state index contributed by atoms with van der Waals surface area (Å²) in [6.45, 7) is 3.90. The number of anilines is 1. The molecular weight excluding hydrogens is 326 g/mol. The molecule has 0 saturated carbocycles. The van der Waals surface area contributed by atoms with Gasteiger partial charge in [0.05, 0.1) is 4.92 Å². The van der Waals surface area contributed by atoms with Crippen LogP contribution in [0, 0.1) is 10.1 Å². The van der Waals surface area contributed by atoms with E-state index >= 15 is 0 Å². The van der Waals surface area contributed by atoms with E-state index in [0.29, 0.717) is 17.3 Å². The molecule has 3 rings (SSSR count). The number of nitrogens with one attached hydrogen (secondary N) is 1. The molecule has 5 nitrogen and oxygen atoms in total. The standard InChI is InChI=1S/C18H20ClN3O2/c19-16-7-8-17(18(11-16)22(23)24)20-12-14-3-5-15(6-4-14)13-21-9-1-2-10-21/h3-8,11,20H,1-2,9-10,12-13H2. The Hall–Kier alpha value is -2.11. The highest BCUT2D eigenvalue weighted by atomic mass is 35.5. The Kier molecular flexibility index (Phi) is 5.33. The predicted octanol–water partition coefficient (Wildman–Crippen LogP) is 4.46. The van der Waals surface area contributed by atoms with E-state index in [1.54, 1.807) is 12.1 Å². The van der Waals surface area contributed by atoms with Crippen LogP contribution in [0.1, 0.15) is 24.0 Å². The van der Waals surface area contributed by atoms with Crippen molar-refractivity contribution >= 4 is 23.0 Å². The average molecular weight is 346 g/mol. The van der Waals surface area contributed by atoms with Gasteiger partial charge < -0.3 is 5.32 Å². The van der Waals surface area contributed by atoms with Crippen molar-refractivity contribution in [1.29, 1.82) is 0 Å². The molecule has 2 aromatic rings. The normalized spacial score (nSPS) is 14.7. The van der Waals surface area contributed by atoms with Crippen LogP contribution in [-0.4, -0.2) is 22.9 Å². The third kappa shape index (κ3) is 4.24. The molecule has 1 saturated heterocycles. The number of nitro groups is 1. The number of rotatable bonds is 6. The van der Waals surface area contributed by atoms with Crippen molar-refractivity contribution in [1.82, 2.24) is 4.90 Å². The van der Waals surface area contributed by atoms with E-state index in [9.17, 15) is 10.1 Å². The van der Waals surface area contributed by atoms with Gasteiger partial charge in [-0.15, -0.1) is 0 Å². The Morgan fingerprint density at radius 2 is 1.75 bits per heavy atom. The van der Waals surface area contributed by atoms with Gasteiger partial charge >= 0.3 is 0 Å². The maximum Gasteiger partial charge on any atom is 0.293 e. The molecule has 0 unspecified atom stereocenters. The lowest BCUT2D eigenvalue weighted by Gasteiger charge is -2.15. The van der Waals surface area contributed by atoms with E-state index in [1.807, 2.05) is 0 Å². The molecule has 24 heavy (non-hydrogen) atoms. The second-order valence-electron chi connectivity index (χ2n) is 6.07. The van der Waals surface area contributed by atoms with Crippen molar-refractivity contribution in [2.24, 2.45) is 0 Å². The maximum atomic E-state index is 11.1. The molecule has 0 bridgehead atoms. The summed E-state index contributed by atoms with van der Waals surface area (Å²) in [6.07, 6.45) is 2.59. The van der Waals surface area contributed by atoms with E-state index in [-0.39, 0.29) is 5.69 Å². The zero-order valence-electron chi connectivity index (χ0n) is 13.4. The minimum Gasteiger partial charge on any atom is -0.375 e. The van der Waals surface area contributed by atoms with Crippen LogP contribution in [0.2, 0.25) is 5.02 Å². The monoisotopic (exact) mass is 345 g/mol. The molecule has 1 fully saturated rings. The predicted molar refractivity (Wildman–Crippen MR) is 96.4 cm³/mol. The van der Waals surface area contributed by atoms with Crippen LogP contribution in [0.4, 0.5) is 11.4 Å². The van der Waals surface area contributed by atoms with Gasteiger partial charge in [0.1, 0.15) is 5.69 Å². The Bertz CT molecular complexity index is 713. The summed E-state index contributed by atoms with van der Waals surface area (Å²) >= 11 is 5.83. The maximum absolute atomic E-state index is 11.1. The topological polar surface area (TPSA) is 58.4 Å². The Morgan fingerprint density at radius 3 is 2.42 bits per heavy atom. The first-order valence-corrected chi connectivity index (χ1v) is 8.47. The third-order valence-corrected chi connectivity index (χ3v) is 4.50. The van der Waals surface area contributed by atoms with Crippen molar-refractivity contribution in [2.75, 3.05) is 18.4 Å². The van der Waals surface area contributed by atoms with Crippen molar-refractivity contribution in [3.8, 4) is 0 Å². The Balaban J connectivity index is 1.61. The first-order chi connectivity index (χ1) is 11.6. The third-order valence-electron chi connectivity index (χ3n) is 4.27. The zero-order chi connectivity index (χ0) is 16.9. The van der Waals surface area contributed by atoms with Crippen LogP contribution in [0.15, 0.2) is 42.5 Å². The minimum absolute atomic E-state index is 0.00634. The zero-order valence-corrected chi connectivity index (χ0v) is 14.1. The fourth-order valence-corrected chi connectivity index (χ4v) is 3.13. The van der Waals surface area contributed by atoms with Gasteiger partial charge in [-0.1, -0.05) is 35.9 Å². The van der Waals surface area contributed by atoms with Crippen LogP contribution in [-0.2, 0) is 13.1 Å². The molecule has 6 heteroatoms. The van der Waals surface area contributed by atoms with Gasteiger partial charge in [-0.05, 0) is 49.2 Å². The van der Waals surface area contributed by atoms with Crippen molar-refractivity contribution in [3.63, 3.8) is 0 Å². The summed E-state index contributed by atoms with van der Waals surface area (Å²) in [5.41, 5.74) is 2.86. The van der Waals surface area contributed by atoms with Crippen molar-refractivity contribution < 1.29 is 4.92 Å². The molecule has 0 aliphatic carbocycles. The Morgan fingerprint density at radius 1 is 1.08 bits per heavy atom. The smallest absolute Gasteiger partial charge is 0.293 e. The average Bonchev–Trinajstić information content (AvgIpc) is 3.08. The summed E-state index contributed by atoms with van der Waals surface area (Å²) in [4.78, 5) is 13.1. The highest BCUT2D eigenvalue weighted by Crippen LogP contribution is 2.28. The van der Waals surface area contributed by atoms with Crippen LogP contribution in [0.3, 0.4) is 0 Å². The summed E-state index contributed by atoms with van der Waals surface area (Å²) in [7, 11) is 0. The fourth-order valence-electron chi connectivity index (χ4n) is 2.96. The van der Waals surface area contributed by atoms with Crippen LogP contribution in [0.25, 0.3) is 0 Å². The highest BCUT2D eigenvalue weighted by molar-refractivity contribution is 6.30. The number of halogens is 1. The fraction of sp³-hybridized carbons (Fsp3) is 0.333. The number of hydrogen-bond donors (Lipinski definition) is 1. The van der Waals surface area contributed by atoms with Gasteiger partial charge in [-0.2, -0.15) is 0 Å². The summed E-state index contributed by atoms with van der Waals surface area (Å²) in [5.74, 6) is 0. The van der Waals surface area contributed by atoms with E-state index in [1.165, 1.54) is 37.6 Å². The summed E-state index contributed by atoms with van der Waals surface area (Å²) in [6, 6.07) is 13.1. The van der Waals surface area contributed by atoms with Gasteiger partial charge in [0, 0.05) is 24.2 Å². The van der Waals surface area contributed by atoms with Crippen LogP contribution < -0.4 is 5.32 Å². The lowest BCUT2D eigenvalue weighted by molar-refractivity contribution is -0.383.